The van der Waals surface area contributed by atoms with Crippen LogP contribution in [0.3, 0.4) is 0 Å². The maximum atomic E-state index is 12.1. The molecular formula is C12H20N2O4. The summed E-state index contributed by atoms with van der Waals surface area (Å²) in [7, 11) is 1.62. The van der Waals surface area contributed by atoms with Gasteiger partial charge in [0, 0.05) is 33.2 Å². The molecule has 2 rings (SSSR count). The van der Waals surface area contributed by atoms with Crippen molar-refractivity contribution < 1.29 is 19.1 Å². The Labute approximate surface area is 107 Å². The SMILES string of the molecule is COCC1CN(C(=O)CN2CCCC2=O)CCO1. The summed E-state index contributed by atoms with van der Waals surface area (Å²) in [5.74, 6) is 0.0969. The van der Waals surface area contributed by atoms with E-state index < -0.39 is 0 Å². The summed E-state index contributed by atoms with van der Waals surface area (Å²) in [5, 5.41) is 0. The van der Waals surface area contributed by atoms with E-state index in [4.69, 9.17) is 9.47 Å². The van der Waals surface area contributed by atoms with Gasteiger partial charge in [0.2, 0.25) is 11.8 Å². The number of amides is 2. The van der Waals surface area contributed by atoms with Gasteiger partial charge in [0.05, 0.1) is 25.9 Å². The largest absolute Gasteiger partial charge is 0.382 e. The fraction of sp³-hybridized carbons (Fsp3) is 0.833. The van der Waals surface area contributed by atoms with Crippen molar-refractivity contribution in [1.29, 1.82) is 0 Å². The standard InChI is InChI=1S/C12H20N2O4/c1-17-9-10-7-14(5-6-18-10)12(16)8-13-4-2-3-11(13)15/h10H,2-9H2,1H3. The summed E-state index contributed by atoms with van der Waals surface area (Å²) in [4.78, 5) is 27.0. The molecule has 0 N–H and O–H groups in total. The lowest BCUT2D eigenvalue weighted by Crippen LogP contribution is -2.50. The molecule has 0 aromatic heterocycles. The first-order valence-corrected chi connectivity index (χ1v) is 6.37. The third-order valence-electron chi connectivity index (χ3n) is 3.34. The van der Waals surface area contributed by atoms with Gasteiger partial charge in [0.1, 0.15) is 0 Å². The van der Waals surface area contributed by atoms with Gasteiger partial charge in [-0.3, -0.25) is 9.59 Å². The molecule has 6 nitrogen and oxygen atoms in total. The number of ether oxygens (including phenoxy) is 2. The zero-order valence-corrected chi connectivity index (χ0v) is 10.8. The summed E-state index contributed by atoms with van der Waals surface area (Å²) in [6, 6.07) is 0. The van der Waals surface area contributed by atoms with Gasteiger partial charge >= 0.3 is 0 Å². The minimum atomic E-state index is -0.0537. The van der Waals surface area contributed by atoms with Crippen LogP contribution in [-0.2, 0) is 19.1 Å². The molecule has 1 atom stereocenters. The van der Waals surface area contributed by atoms with Crippen LogP contribution < -0.4 is 0 Å². The molecule has 1 unspecified atom stereocenters. The molecule has 0 bridgehead atoms. The molecule has 0 saturated carbocycles. The molecule has 2 amide bonds. The van der Waals surface area contributed by atoms with E-state index in [-0.39, 0.29) is 24.5 Å². The molecule has 18 heavy (non-hydrogen) atoms. The van der Waals surface area contributed by atoms with Crippen LogP contribution in [0.25, 0.3) is 0 Å². The number of rotatable bonds is 4. The lowest BCUT2D eigenvalue weighted by Gasteiger charge is -2.33. The zero-order valence-electron chi connectivity index (χ0n) is 10.8. The van der Waals surface area contributed by atoms with Gasteiger partial charge in [-0.15, -0.1) is 0 Å². The van der Waals surface area contributed by atoms with E-state index in [1.165, 1.54) is 0 Å². The highest BCUT2D eigenvalue weighted by Gasteiger charge is 2.28. The molecule has 2 aliphatic heterocycles. The Balaban J connectivity index is 1.82. The maximum Gasteiger partial charge on any atom is 0.242 e. The summed E-state index contributed by atoms with van der Waals surface area (Å²) in [6.45, 7) is 3.09. The summed E-state index contributed by atoms with van der Waals surface area (Å²) < 4.78 is 10.5. The van der Waals surface area contributed by atoms with Crippen LogP contribution in [0, 0.1) is 0 Å². The lowest BCUT2D eigenvalue weighted by molar-refractivity contribution is -0.145. The quantitative estimate of drug-likeness (QED) is 0.679. The Kier molecular flexibility index (Phi) is 4.54. The van der Waals surface area contributed by atoms with Crippen molar-refractivity contribution in [2.24, 2.45) is 0 Å². The van der Waals surface area contributed by atoms with E-state index in [0.717, 1.165) is 6.42 Å². The minimum absolute atomic E-state index is 0.00894. The lowest BCUT2D eigenvalue weighted by atomic mass is 10.2. The molecule has 0 aromatic rings. The molecule has 2 fully saturated rings. The Hall–Kier alpha value is -1.14. The van der Waals surface area contributed by atoms with Crippen LogP contribution in [0.5, 0.6) is 0 Å². The molecular weight excluding hydrogens is 236 g/mol. The van der Waals surface area contributed by atoms with Crippen molar-refractivity contribution in [1.82, 2.24) is 9.80 Å². The highest BCUT2D eigenvalue weighted by Crippen LogP contribution is 2.11. The monoisotopic (exact) mass is 256 g/mol. The summed E-state index contributed by atoms with van der Waals surface area (Å²) in [6.07, 6.45) is 1.38. The second kappa shape index (κ2) is 6.15. The van der Waals surface area contributed by atoms with Gasteiger partial charge in [0.15, 0.2) is 0 Å². The van der Waals surface area contributed by atoms with Crippen LogP contribution in [0.2, 0.25) is 0 Å². The number of likely N-dealkylation sites (tertiary alicyclic amines) is 1. The Morgan fingerprint density at radius 3 is 3.00 bits per heavy atom. The first kappa shape index (κ1) is 13.3. The van der Waals surface area contributed by atoms with E-state index >= 15 is 0 Å². The van der Waals surface area contributed by atoms with Crippen LogP contribution in [0.4, 0.5) is 0 Å². The number of nitrogens with zero attached hydrogens (tertiary/aromatic N) is 2. The molecule has 6 heteroatoms. The van der Waals surface area contributed by atoms with E-state index in [1.807, 2.05) is 0 Å². The highest BCUT2D eigenvalue weighted by molar-refractivity contribution is 5.85. The molecule has 0 aromatic carbocycles. The fourth-order valence-electron chi connectivity index (χ4n) is 2.37. The molecule has 2 heterocycles. The zero-order chi connectivity index (χ0) is 13.0. The van der Waals surface area contributed by atoms with Crippen molar-refractivity contribution in [3.8, 4) is 0 Å². The first-order chi connectivity index (χ1) is 8.70. The van der Waals surface area contributed by atoms with E-state index in [2.05, 4.69) is 0 Å². The number of hydrogen-bond acceptors (Lipinski definition) is 4. The topological polar surface area (TPSA) is 59.1 Å². The van der Waals surface area contributed by atoms with Gasteiger partial charge in [0.25, 0.3) is 0 Å². The van der Waals surface area contributed by atoms with Crippen molar-refractivity contribution in [3.63, 3.8) is 0 Å². The molecule has 2 saturated heterocycles. The van der Waals surface area contributed by atoms with E-state index in [1.54, 1.807) is 16.9 Å². The van der Waals surface area contributed by atoms with Gasteiger partial charge in [-0.2, -0.15) is 0 Å². The second-order valence-electron chi connectivity index (χ2n) is 4.71. The Morgan fingerprint density at radius 2 is 2.33 bits per heavy atom. The van der Waals surface area contributed by atoms with Crippen molar-refractivity contribution in [3.05, 3.63) is 0 Å². The molecule has 0 spiro atoms. The van der Waals surface area contributed by atoms with Crippen LogP contribution >= 0.6 is 0 Å². The summed E-state index contributed by atoms with van der Waals surface area (Å²) in [5.41, 5.74) is 0. The maximum absolute atomic E-state index is 12.1. The number of methoxy groups -OCH3 is 1. The Morgan fingerprint density at radius 1 is 1.50 bits per heavy atom. The van der Waals surface area contributed by atoms with Crippen LogP contribution in [0.15, 0.2) is 0 Å². The van der Waals surface area contributed by atoms with Crippen molar-refractivity contribution in [2.45, 2.75) is 18.9 Å². The second-order valence-corrected chi connectivity index (χ2v) is 4.71. The van der Waals surface area contributed by atoms with Gasteiger partial charge in [-0.25, -0.2) is 0 Å². The number of hydrogen-bond donors (Lipinski definition) is 0. The third kappa shape index (κ3) is 3.20. The molecule has 2 aliphatic rings. The van der Waals surface area contributed by atoms with Gasteiger partial charge in [-0.1, -0.05) is 0 Å². The van der Waals surface area contributed by atoms with Crippen molar-refractivity contribution >= 4 is 11.8 Å². The Bertz CT molecular complexity index is 319. The third-order valence-corrected chi connectivity index (χ3v) is 3.34. The number of carbonyl (C=O) groups excluding carboxylic acids is 2. The fourth-order valence-corrected chi connectivity index (χ4v) is 2.37. The molecule has 102 valence electrons. The number of carbonyl (C=O) groups is 2. The van der Waals surface area contributed by atoms with Crippen LogP contribution in [-0.4, -0.2) is 74.2 Å². The highest BCUT2D eigenvalue weighted by atomic mass is 16.5. The van der Waals surface area contributed by atoms with Gasteiger partial charge in [-0.05, 0) is 6.42 Å². The normalized spacial score (nSPS) is 24.7. The summed E-state index contributed by atoms with van der Waals surface area (Å²) >= 11 is 0. The number of morpholine rings is 1. The van der Waals surface area contributed by atoms with E-state index in [9.17, 15) is 9.59 Å². The van der Waals surface area contributed by atoms with Gasteiger partial charge < -0.3 is 19.3 Å². The smallest absolute Gasteiger partial charge is 0.242 e. The molecule has 0 radical (unpaired) electrons. The molecule has 0 aliphatic carbocycles. The predicted molar refractivity (Wildman–Crippen MR) is 64.0 cm³/mol. The minimum Gasteiger partial charge on any atom is -0.382 e. The van der Waals surface area contributed by atoms with Crippen LogP contribution in [0.1, 0.15) is 12.8 Å². The van der Waals surface area contributed by atoms with Crippen molar-refractivity contribution in [2.75, 3.05) is 46.5 Å². The average Bonchev–Trinajstić information content (AvgIpc) is 2.76. The van der Waals surface area contributed by atoms with E-state index in [0.29, 0.717) is 39.3 Å². The predicted octanol–water partition coefficient (Wildman–Crippen LogP) is -0.517. The first-order valence-electron chi connectivity index (χ1n) is 6.37. The average molecular weight is 256 g/mol.